The van der Waals surface area contributed by atoms with Gasteiger partial charge in [0.15, 0.2) is 0 Å². The van der Waals surface area contributed by atoms with E-state index in [9.17, 15) is 0 Å². The highest BCUT2D eigenvalue weighted by Gasteiger charge is 2.13. The van der Waals surface area contributed by atoms with Crippen LogP contribution in [0.2, 0.25) is 0 Å². The molecule has 0 unspecified atom stereocenters. The van der Waals surface area contributed by atoms with Crippen molar-refractivity contribution in [2.75, 3.05) is 6.61 Å². The molecule has 1 aliphatic heterocycles. The Balaban J connectivity index is 2.50. The first-order chi connectivity index (χ1) is 6.42. The van der Waals surface area contributed by atoms with E-state index >= 15 is 0 Å². The fourth-order valence-electron chi connectivity index (χ4n) is 1.49. The molecular weight excluding hydrogens is 162 g/mol. The maximum atomic E-state index is 8.58. The van der Waals surface area contributed by atoms with Crippen LogP contribution in [0.15, 0.2) is 30.3 Å². The zero-order valence-electron chi connectivity index (χ0n) is 7.16. The lowest BCUT2D eigenvalue weighted by Gasteiger charge is -2.18. The number of fused-ring (bicyclic) bond motifs is 1. The summed E-state index contributed by atoms with van der Waals surface area (Å²) in [6.45, 7) is 0.671. The lowest BCUT2D eigenvalue weighted by atomic mass is 10.00. The molecule has 0 fully saturated rings. The van der Waals surface area contributed by atoms with Gasteiger partial charge in [-0.25, -0.2) is 0 Å². The van der Waals surface area contributed by atoms with Crippen molar-refractivity contribution in [2.24, 2.45) is 0 Å². The first-order valence-electron chi connectivity index (χ1n) is 4.22. The van der Waals surface area contributed by atoms with E-state index in [4.69, 9.17) is 10.00 Å². The van der Waals surface area contributed by atoms with Crippen LogP contribution in [0.3, 0.4) is 0 Å². The molecule has 0 bridgehead atoms. The fraction of sp³-hybridized carbons (Fsp3) is 0.182. The zero-order valence-corrected chi connectivity index (χ0v) is 7.16. The van der Waals surface area contributed by atoms with Gasteiger partial charge in [-0.3, -0.25) is 0 Å². The molecule has 1 heterocycles. The Hall–Kier alpha value is -1.75. The van der Waals surface area contributed by atoms with Gasteiger partial charge in [-0.2, -0.15) is 5.26 Å². The topological polar surface area (TPSA) is 33.0 Å². The minimum Gasteiger partial charge on any atom is -0.493 e. The van der Waals surface area contributed by atoms with Gasteiger partial charge in [0.25, 0.3) is 0 Å². The summed E-state index contributed by atoms with van der Waals surface area (Å²) < 4.78 is 5.45. The fourth-order valence-corrected chi connectivity index (χ4v) is 1.49. The third kappa shape index (κ3) is 1.41. The molecule has 13 heavy (non-hydrogen) atoms. The van der Waals surface area contributed by atoms with Crippen molar-refractivity contribution in [3.63, 3.8) is 0 Å². The number of nitrogens with zero attached hydrogens (tertiary/aromatic N) is 1. The number of nitriles is 1. The summed E-state index contributed by atoms with van der Waals surface area (Å²) in [5, 5.41) is 8.58. The summed E-state index contributed by atoms with van der Waals surface area (Å²) in [6, 6.07) is 9.87. The Morgan fingerprint density at radius 1 is 1.38 bits per heavy atom. The van der Waals surface area contributed by atoms with Gasteiger partial charge in [-0.15, -0.1) is 0 Å². The monoisotopic (exact) mass is 171 g/mol. The van der Waals surface area contributed by atoms with Crippen molar-refractivity contribution in [1.29, 1.82) is 5.26 Å². The second kappa shape index (κ2) is 3.32. The molecule has 0 saturated heterocycles. The second-order valence-corrected chi connectivity index (χ2v) is 2.89. The van der Waals surface area contributed by atoms with E-state index in [0.29, 0.717) is 6.61 Å². The van der Waals surface area contributed by atoms with Crippen LogP contribution in [0.4, 0.5) is 0 Å². The van der Waals surface area contributed by atoms with E-state index in [1.807, 2.05) is 24.3 Å². The Labute approximate surface area is 77.1 Å². The normalized spacial score (nSPS) is 17.3. The van der Waals surface area contributed by atoms with Crippen LogP contribution in [-0.4, -0.2) is 6.61 Å². The standard InChI is InChI=1S/C11H9NO/c12-7-5-9-6-8-13-11-4-2-1-3-10(9)11/h1-5H,6,8H2/b9-5-. The zero-order chi connectivity index (χ0) is 9.10. The third-order valence-corrected chi connectivity index (χ3v) is 2.10. The van der Waals surface area contributed by atoms with Gasteiger partial charge in [0.1, 0.15) is 5.75 Å². The molecule has 0 radical (unpaired) electrons. The molecule has 1 aromatic carbocycles. The number of allylic oxidation sites excluding steroid dienone is 1. The van der Waals surface area contributed by atoms with Crippen molar-refractivity contribution >= 4 is 5.57 Å². The van der Waals surface area contributed by atoms with Crippen LogP contribution in [0.5, 0.6) is 5.75 Å². The van der Waals surface area contributed by atoms with E-state index in [-0.39, 0.29) is 0 Å². The Bertz CT molecular complexity index is 387. The lowest BCUT2D eigenvalue weighted by molar-refractivity contribution is 0.316. The Morgan fingerprint density at radius 2 is 2.23 bits per heavy atom. The first kappa shape index (κ1) is 7.88. The van der Waals surface area contributed by atoms with E-state index in [1.54, 1.807) is 6.08 Å². The molecule has 2 rings (SSSR count). The SMILES string of the molecule is N#C/C=C1/CCOc2ccccc21. The summed E-state index contributed by atoms with van der Waals surface area (Å²) >= 11 is 0. The number of benzene rings is 1. The summed E-state index contributed by atoms with van der Waals surface area (Å²) in [7, 11) is 0. The predicted octanol–water partition coefficient (Wildman–Crippen LogP) is 2.38. The molecule has 0 saturated carbocycles. The van der Waals surface area contributed by atoms with Crippen molar-refractivity contribution in [2.45, 2.75) is 6.42 Å². The van der Waals surface area contributed by atoms with Gasteiger partial charge >= 0.3 is 0 Å². The van der Waals surface area contributed by atoms with Gasteiger partial charge < -0.3 is 4.74 Å². The molecule has 0 N–H and O–H groups in total. The van der Waals surface area contributed by atoms with Crippen LogP contribution in [0, 0.1) is 11.3 Å². The summed E-state index contributed by atoms with van der Waals surface area (Å²) in [5.74, 6) is 0.884. The molecule has 0 aromatic heterocycles. The highest BCUT2D eigenvalue weighted by molar-refractivity contribution is 5.73. The van der Waals surface area contributed by atoms with Crippen molar-refractivity contribution in [3.8, 4) is 11.8 Å². The highest BCUT2D eigenvalue weighted by Crippen LogP contribution is 2.31. The van der Waals surface area contributed by atoms with Gasteiger partial charge in [0.2, 0.25) is 0 Å². The maximum Gasteiger partial charge on any atom is 0.126 e. The smallest absolute Gasteiger partial charge is 0.126 e. The number of hydrogen-bond donors (Lipinski definition) is 0. The molecule has 2 heteroatoms. The average Bonchev–Trinajstić information content (AvgIpc) is 2.19. The van der Waals surface area contributed by atoms with Crippen molar-refractivity contribution in [3.05, 3.63) is 35.9 Å². The number of hydrogen-bond acceptors (Lipinski definition) is 2. The molecule has 0 aliphatic carbocycles. The molecule has 1 aliphatic rings. The number of ether oxygens (including phenoxy) is 1. The summed E-state index contributed by atoms with van der Waals surface area (Å²) in [6.07, 6.45) is 2.42. The van der Waals surface area contributed by atoms with Crippen molar-refractivity contribution in [1.82, 2.24) is 0 Å². The number of rotatable bonds is 0. The van der Waals surface area contributed by atoms with Crippen LogP contribution >= 0.6 is 0 Å². The van der Waals surface area contributed by atoms with Crippen LogP contribution < -0.4 is 4.74 Å². The molecule has 0 atom stereocenters. The van der Waals surface area contributed by atoms with E-state index in [1.165, 1.54) is 0 Å². The number of para-hydroxylation sites is 1. The van der Waals surface area contributed by atoms with Crippen LogP contribution in [-0.2, 0) is 0 Å². The third-order valence-electron chi connectivity index (χ3n) is 2.10. The Kier molecular flexibility index (Phi) is 2.01. The summed E-state index contributed by atoms with van der Waals surface area (Å²) in [5.41, 5.74) is 2.12. The van der Waals surface area contributed by atoms with Gasteiger partial charge in [-0.1, -0.05) is 18.2 Å². The minimum atomic E-state index is 0.671. The van der Waals surface area contributed by atoms with Gasteiger partial charge in [0.05, 0.1) is 12.7 Å². The summed E-state index contributed by atoms with van der Waals surface area (Å²) in [4.78, 5) is 0. The largest absolute Gasteiger partial charge is 0.493 e. The Morgan fingerprint density at radius 3 is 3.08 bits per heavy atom. The average molecular weight is 171 g/mol. The molecule has 0 amide bonds. The lowest BCUT2D eigenvalue weighted by Crippen LogP contribution is -2.07. The molecule has 1 aromatic rings. The van der Waals surface area contributed by atoms with E-state index in [2.05, 4.69) is 6.07 Å². The quantitative estimate of drug-likeness (QED) is 0.561. The first-order valence-corrected chi connectivity index (χ1v) is 4.22. The van der Waals surface area contributed by atoms with Crippen LogP contribution in [0.25, 0.3) is 5.57 Å². The molecule has 64 valence electrons. The van der Waals surface area contributed by atoms with Gasteiger partial charge in [-0.05, 0) is 11.6 Å². The molecular formula is C11H9NO. The molecule has 2 nitrogen and oxygen atoms in total. The highest BCUT2D eigenvalue weighted by atomic mass is 16.5. The van der Waals surface area contributed by atoms with E-state index in [0.717, 1.165) is 23.3 Å². The van der Waals surface area contributed by atoms with Crippen molar-refractivity contribution < 1.29 is 4.74 Å². The maximum absolute atomic E-state index is 8.58. The van der Waals surface area contributed by atoms with Crippen LogP contribution in [0.1, 0.15) is 12.0 Å². The minimum absolute atomic E-state index is 0.671. The second-order valence-electron chi connectivity index (χ2n) is 2.89. The predicted molar refractivity (Wildman–Crippen MR) is 50.1 cm³/mol. The van der Waals surface area contributed by atoms with Gasteiger partial charge in [0, 0.05) is 18.1 Å². The molecule has 0 spiro atoms. The van der Waals surface area contributed by atoms with E-state index < -0.39 is 0 Å².